The number of likely N-dealkylation sites (tertiary alicyclic amines) is 1. The maximum absolute atomic E-state index is 12.5. The van der Waals surface area contributed by atoms with Crippen molar-refractivity contribution in [3.63, 3.8) is 0 Å². The number of anilines is 1. The molecule has 1 aliphatic heterocycles. The molecule has 2 N–H and O–H groups in total. The molecular formula is C25H31N3O4. The predicted octanol–water partition coefficient (Wildman–Crippen LogP) is 4.40. The van der Waals surface area contributed by atoms with Gasteiger partial charge in [-0.05, 0) is 43.5 Å². The smallest absolute Gasteiger partial charge is 0.225 e. The molecule has 3 aromatic rings. The number of fused-ring (bicyclic) bond motifs is 1. The van der Waals surface area contributed by atoms with Gasteiger partial charge in [-0.25, -0.2) is 0 Å². The van der Waals surface area contributed by atoms with Crippen LogP contribution < -0.4 is 19.5 Å². The number of aromatic amines is 1. The Morgan fingerprint density at radius 1 is 1.03 bits per heavy atom. The molecule has 0 spiro atoms. The van der Waals surface area contributed by atoms with Gasteiger partial charge in [0.05, 0.1) is 21.3 Å². The summed E-state index contributed by atoms with van der Waals surface area (Å²) in [5, 5.41) is 4.22. The highest BCUT2D eigenvalue weighted by molar-refractivity contribution is 5.91. The fourth-order valence-electron chi connectivity index (χ4n) is 4.42. The Bertz CT molecular complexity index is 1010. The average Bonchev–Trinajstić information content (AvgIpc) is 3.26. The molecule has 1 fully saturated rings. The van der Waals surface area contributed by atoms with Crippen molar-refractivity contribution in [2.75, 3.05) is 46.3 Å². The number of para-hydroxylation sites is 1. The first kappa shape index (κ1) is 22.0. The molecule has 2 aromatic carbocycles. The Morgan fingerprint density at radius 2 is 1.72 bits per heavy atom. The van der Waals surface area contributed by atoms with E-state index in [0.717, 1.165) is 32.5 Å². The van der Waals surface area contributed by atoms with Crippen LogP contribution in [0.15, 0.2) is 42.5 Å². The van der Waals surface area contributed by atoms with Gasteiger partial charge in [-0.1, -0.05) is 18.2 Å². The average molecular weight is 438 g/mol. The number of H-pyrrole nitrogens is 1. The van der Waals surface area contributed by atoms with Crippen molar-refractivity contribution >= 4 is 22.5 Å². The van der Waals surface area contributed by atoms with E-state index >= 15 is 0 Å². The number of carbonyl (C=O) groups excluding carboxylic acids is 1. The molecule has 1 amide bonds. The Kier molecular flexibility index (Phi) is 6.85. The van der Waals surface area contributed by atoms with Gasteiger partial charge in [0.1, 0.15) is 0 Å². The summed E-state index contributed by atoms with van der Waals surface area (Å²) >= 11 is 0. The molecule has 1 aliphatic rings. The standard InChI is InChI=1S/C25H31N3O4/c1-30-22-15-19(16-23(31-2)25(22)32-3)26-24(29)10-13-28-11-8-17(9-12-28)21-14-18-6-4-5-7-20(18)27-21/h4-7,14-17,27H,8-13H2,1-3H3,(H,26,29). The van der Waals surface area contributed by atoms with Gasteiger partial charge in [-0.2, -0.15) is 0 Å². The molecule has 7 heteroatoms. The number of carbonyl (C=O) groups is 1. The first-order chi connectivity index (χ1) is 15.6. The molecule has 7 nitrogen and oxygen atoms in total. The summed E-state index contributed by atoms with van der Waals surface area (Å²) in [5.41, 5.74) is 3.15. The third-order valence-electron chi connectivity index (χ3n) is 6.18. The van der Waals surface area contributed by atoms with Gasteiger partial charge in [0.2, 0.25) is 11.7 Å². The molecule has 0 aliphatic carbocycles. The van der Waals surface area contributed by atoms with Gasteiger partial charge in [0, 0.05) is 47.9 Å². The maximum Gasteiger partial charge on any atom is 0.225 e. The summed E-state index contributed by atoms with van der Waals surface area (Å²) < 4.78 is 16.0. The number of ether oxygens (including phenoxy) is 3. The van der Waals surface area contributed by atoms with Crippen LogP contribution in [0.5, 0.6) is 17.2 Å². The largest absolute Gasteiger partial charge is 0.493 e. The van der Waals surface area contributed by atoms with E-state index in [9.17, 15) is 4.79 Å². The second-order valence-electron chi connectivity index (χ2n) is 8.14. The molecule has 170 valence electrons. The normalized spacial score (nSPS) is 15.0. The van der Waals surface area contributed by atoms with E-state index < -0.39 is 0 Å². The molecule has 0 radical (unpaired) electrons. The lowest BCUT2D eigenvalue weighted by atomic mass is 9.93. The number of amides is 1. The summed E-state index contributed by atoms with van der Waals surface area (Å²) in [6.07, 6.45) is 2.64. The minimum atomic E-state index is -0.0305. The fraction of sp³-hybridized carbons (Fsp3) is 0.400. The van der Waals surface area contributed by atoms with Gasteiger partial charge in [-0.3, -0.25) is 4.79 Å². The van der Waals surface area contributed by atoms with E-state index in [2.05, 4.69) is 45.5 Å². The Labute approximate surface area is 188 Å². The number of aromatic nitrogens is 1. The zero-order chi connectivity index (χ0) is 22.5. The number of methoxy groups -OCH3 is 3. The molecule has 0 atom stereocenters. The van der Waals surface area contributed by atoms with Gasteiger partial charge < -0.3 is 29.4 Å². The lowest BCUT2D eigenvalue weighted by Gasteiger charge is -2.31. The third kappa shape index (κ3) is 4.83. The summed E-state index contributed by atoms with van der Waals surface area (Å²) in [4.78, 5) is 18.5. The Balaban J connectivity index is 1.28. The predicted molar refractivity (Wildman–Crippen MR) is 126 cm³/mol. The number of hydrogen-bond acceptors (Lipinski definition) is 5. The van der Waals surface area contributed by atoms with Crippen molar-refractivity contribution in [1.29, 1.82) is 0 Å². The van der Waals surface area contributed by atoms with Crippen LogP contribution in [0.4, 0.5) is 5.69 Å². The number of nitrogens with one attached hydrogen (secondary N) is 2. The van der Waals surface area contributed by atoms with Crippen LogP contribution in [-0.4, -0.2) is 56.8 Å². The summed E-state index contributed by atoms with van der Waals surface area (Å²) in [5.74, 6) is 2.05. The van der Waals surface area contributed by atoms with Gasteiger partial charge in [0.15, 0.2) is 11.5 Å². The van der Waals surface area contributed by atoms with Crippen LogP contribution in [0, 0.1) is 0 Å². The lowest BCUT2D eigenvalue weighted by Crippen LogP contribution is -2.35. The van der Waals surface area contributed by atoms with Crippen molar-refractivity contribution in [1.82, 2.24) is 9.88 Å². The Hall–Kier alpha value is -3.19. The zero-order valence-corrected chi connectivity index (χ0v) is 18.9. The van der Waals surface area contributed by atoms with Crippen molar-refractivity contribution in [3.05, 3.63) is 48.2 Å². The first-order valence-corrected chi connectivity index (χ1v) is 11.0. The summed E-state index contributed by atoms with van der Waals surface area (Å²) in [7, 11) is 4.67. The minimum absolute atomic E-state index is 0.0305. The van der Waals surface area contributed by atoms with E-state index in [0.29, 0.717) is 35.3 Å². The van der Waals surface area contributed by atoms with Crippen molar-refractivity contribution in [3.8, 4) is 17.2 Å². The van der Waals surface area contributed by atoms with Crippen molar-refractivity contribution in [2.45, 2.75) is 25.2 Å². The maximum atomic E-state index is 12.5. The number of piperidine rings is 1. The topological polar surface area (TPSA) is 75.8 Å². The van der Waals surface area contributed by atoms with Gasteiger partial charge >= 0.3 is 0 Å². The van der Waals surface area contributed by atoms with Crippen molar-refractivity contribution < 1.29 is 19.0 Å². The van der Waals surface area contributed by atoms with Crippen LogP contribution in [0.1, 0.15) is 30.9 Å². The van der Waals surface area contributed by atoms with E-state index in [4.69, 9.17) is 14.2 Å². The molecule has 4 rings (SSSR count). The van der Waals surface area contributed by atoms with Crippen LogP contribution in [0.3, 0.4) is 0 Å². The van der Waals surface area contributed by atoms with Gasteiger partial charge in [-0.15, -0.1) is 0 Å². The van der Waals surface area contributed by atoms with Crippen LogP contribution >= 0.6 is 0 Å². The minimum Gasteiger partial charge on any atom is -0.493 e. The SMILES string of the molecule is COc1cc(NC(=O)CCN2CCC(c3cc4ccccc4[nH]3)CC2)cc(OC)c1OC. The van der Waals surface area contributed by atoms with Crippen LogP contribution in [0.25, 0.3) is 10.9 Å². The number of hydrogen-bond donors (Lipinski definition) is 2. The number of benzene rings is 2. The molecule has 0 bridgehead atoms. The second kappa shape index (κ2) is 9.96. The molecule has 1 saturated heterocycles. The fourth-order valence-corrected chi connectivity index (χ4v) is 4.42. The molecule has 0 saturated carbocycles. The van der Waals surface area contributed by atoms with Crippen LogP contribution in [-0.2, 0) is 4.79 Å². The van der Waals surface area contributed by atoms with E-state index in [1.807, 2.05) is 0 Å². The molecule has 32 heavy (non-hydrogen) atoms. The molecule has 0 unspecified atom stereocenters. The van der Waals surface area contributed by atoms with E-state index in [1.165, 1.54) is 16.6 Å². The summed E-state index contributed by atoms with van der Waals surface area (Å²) in [6.45, 7) is 2.74. The third-order valence-corrected chi connectivity index (χ3v) is 6.18. The Morgan fingerprint density at radius 3 is 2.34 bits per heavy atom. The summed E-state index contributed by atoms with van der Waals surface area (Å²) in [6, 6.07) is 14.2. The molecular weight excluding hydrogens is 406 g/mol. The molecule has 1 aromatic heterocycles. The molecule has 2 heterocycles. The highest BCUT2D eigenvalue weighted by Crippen LogP contribution is 2.40. The highest BCUT2D eigenvalue weighted by Gasteiger charge is 2.22. The first-order valence-electron chi connectivity index (χ1n) is 11.0. The number of nitrogens with zero attached hydrogens (tertiary/aromatic N) is 1. The monoisotopic (exact) mass is 437 g/mol. The van der Waals surface area contributed by atoms with Crippen molar-refractivity contribution in [2.24, 2.45) is 0 Å². The zero-order valence-electron chi connectivity index (χ0n) is 18.9. The van der Waals surface area contributed by atoms with E-state index in [1.54, 1.807) is 33.5 Å². The highest BCUT2D eigenvalue weighted by atomic mass is 16.5. The quantitative estimate of drug-likeness (QED) is 0.546. The van der Waals surface area contributed by atoms with E-state index in [-0.39, 0.29) is 5.91 Å². The van der Waals surface area contributed by atoms with Crippen LogP contribution in [0.2, 0.25) is 0 Å². The lowest BCUT2D eigenvalue weighted by molar-refractivity contribution is -0.116. The second-order valence-corrected chi connectivity index (χ2v) is 8.14. The van der Waals surface area contributed by atoms with Gasteiger partial charge in [0.25, 0.3) is 0 Å². The number of rotatable bonds is 8.